The highest BCUT2D eigenvalue weighted by molar-refractivity contribution is 6.30. The molecule has 0 fully saturated rings. The lowest BCUT2D eigenvalue weighted by Crippen LogP contribution is -2.18. The molecule has 6 nitrogen and oxygen atoms in total. The minimum atomic E-state index is -0.267. The van der Waals surface area contributed by atoms with E-state index >= 15 is 0 Å². The Hall–Kier alpha value is -3.51. The summed E-state index contributed by atoms with van der Waals surface area (Å²) >= 11 is 5.99. The summed E-state index contributed by atoms with van der Waals surface area (Å²) in [5, 5.41) is 4.79. The van der Waals surface area contributed by atoms with Crippen molar-refractivity contribution in [3.63, 3.8) is 0 Å². The minimum absolute atomic E-state index is 0.267. The van der Waals surface area contributed by atoms with Crippen molar-refractivity contribution in [3.8, 4) is 11.5 Å². The third kappa shape index (κ3) is 4.64. The van der Waals surface area contributed by atoms with Gasteiger partial charge in [-0.1, -0.05) is 17.7 Å². The first kappa shape index (κ1) is 20.8. The lowest BCUT2D eigenvalue weighted by Gasteiger charge is -2.17. The molecule has 0 saturated carbocycles. The molecule has 4 rings (SSSR count). The van der Waals surface area contributed by atoms with Crippen LogP contribution in [0.2, 0.25) is 5.02 Å². The summed E-state index contributed by atoms with van der Waals surface area (Å²) < 4.78 is 10.5. The zero-order valence-electron chi connectivity index (χ0n) is 17.3. The summed E-state index contributed by atoms with van der Waals surface area (Å²) in [5.74, 6) is 1.03. The second kappa shape index (κ2) is 9.10. The molecule has 0 unspecified atom stereocenters. The number of rotatable bonds is 6. The van der Waals surface area contributed by atoms with Gasteiger partial charge in [0.25, 0.3) is 5.91 Å². The van der Waals surface area contributed by atoms with E-state index in [-0.39, 0.29) is 5.91 Å². The zero-order valence-corrected chi connectivity index (χ0v) is 18.0. The second-order valence-electron chi connectivity index (χ2n) is 7.12. The number of carbonyl (C=O) groups is 1. The van der Waals surface area contributed by atoms with E-state index in [9.17, 15) is 4.79 Å². The third-order valence-corrected chi connectivity index (χ3v) is 5.44. The molecule has 0 aromatic heterocycles. The highest BCUT2D eigenvalue weighted by Gasteiger charge is 2.20. The fourth-order valence-electron chi connectivity index (χ4n) is 3.52. The number of halogens is 1. The van der Waals surface area contributed by atoms with Gasteiger partial charge in [-0.15, -0.1) is 0 Å². The molecule has 0 atom stereocenters. The molecule has 158 valence electrons. The van der Waals surface area contributed by atoms with E-state index in [1.807, 2.05) is 48.5 Å². The highest BCUT2D eigenvalue weighted by atomic mass is 35.5. The molecule has 3 aromatic rings. The van der Waals surface area contributed by atoms with Crippen molar-refractivity contribution in [2.45, 2.75) is 13.1 Å². The van der Waals surface area contributed by atoms with Gasteiger partial charge < -0.3 is 14.4 Å². The van der Waals surface area contributed by atoms with Crippen LogP contribution in [0.15, 0.2) is 65.8 Å². The molecule has 3 aromatic carbocycles. The van der Waals surface area contributed by atoms with Gasteiger partial charge in [-0.05, 0) is 59.7 Å². The molecule has 0 saturated heterocycles. The van der Waals surface area contributed by atoms with Crippen LogP contribution in [0.25, 0.3) is 0 Å². The van der Waals surface area contributed by atoms with Crippen molar-refractivity contribution in [2.24, 2.45) is 5.10 Å². The smallest absolute Gasteiger partial charge is 0.271 e. The number of nitrogens with one attached hydrogen (secondary N) is 1. The van der Waals surface area contributed by atoms with Gasteiger partial charge in [0.05, 0.1) is 20.4 Å². The molecular formula is C24H22ClN3O3. The van der Waals surface area contributed by atoms with E-state index in [1.54, 1.807) is 32.6 Å². The SMILES string of the molecule is COc1ccc(/C=N\NC(=O)c2ccc3c(c2)CN(c2ccc(Cl)cc2)C3)c(OC)c1. The Bertz CT molecular complexity index is 1130. The Balaban J connectivity index is 1.42. The quantitative estimate of drug-likeness (QED) is 0.452. The average molecular weight is 436 g/mol. The first-order valence-corrected chi connectivity index (χ1v) is 10.1. The van der Waals surface area contributed by atoms with E-state index in [0.717, 1.165) is 29.9 Å². The number of hydrazone groups is 1. The number of amides is 1. The van der Waals surface area contributed by atoms with E-state index in [1.165, 1.54) is 5.56 Å². The minimum Gasteiger partial charge on any atom is -0.497 e. The topological polar surface area (TPSA) is 63.2 Å². The molecule has 31 heavy (non-hydrogen) atoms. The maximum Gasteiger partial charge on any atom is 0.271 e. The van der Waals surface area contributed by atoms with Crippen LogP contribution < -0.4 is 19.8 Å². The molecule has 1 heterocycles. The van der Waals surface area contributed by atoms with E-state index in [0.29, 0.717) is 22.1 Å². The van der Waals surface area contributed by atoms with E-state index < -0.39 is 0 Å². The molecule has 1 amide bonds. The average Bonchev–Trinajstić information content (AvgIpc) is 3.23. The summed E-state index contributed by atoms with van der Waals surface area (Å²) in [7, 11) is 3.16. The van der Waals surface area contributed by atoms with Gasteiger partial charge in [-0.2, -0.15) is 5.10 Å². The Morgan fingerprint density at radius 1 is 1.00 bits per heavy atom. The number of methoxy groups -OCH3 is 2. The molecular weight excluding hydrogens is 414 g/mol. The van der Waals surface area contributed by atoms with Gasteiger partial charge in [-0.3, -0.25) is 4.79 Å². The maximum absolute atomic E-state index is 12.6. The predicted molar refractivity (Wildman–Crippen MR) is 122 cm³/mol. The monoisotopic (exact) mass is 435 g/mol. The Labute approximate surface area is 186 Å². The van der Waals surface area contributed by atoms with Crippen molar-refractivity contribution in [3.05, 3.63) is 87.9 Å². The molecule has 1 aliphatic heterocycles. The van der Waals surface area contributed by atoms with Gasteiger partial charge >= 0.3 is 0 Å². The summed E-state index contributed by atoms with van der Waals surface area (Å²) in [6.07, 6.45) is 1.55. The van der Waals surface area contributed by atoms with Gasteiger partial charge in [0.15, 0.2) is 0 Å². The number of nitrogens with zero attached hydrogens (tertiary/aromatic N) is 2. The standard InChI is InChI=1S/C24H22ClN3O3/c1-30-22-10-5-17(23(12-22)31-2)13-26-27-24(29)16-3-4-18-14-28(15-19(18)11-16)21-8-6-20(25)7-9-21/h3-13H,14-15H2,1-2H3,(H,27,29)/b26-13-. The number of fused-ring (bicyclic) bond motifs is 1. The van der Waals surface area contributed by atoms with Crippen molar-refractivity contribution in [1.82, 2.24) is 5.43 Å². The van der Waals surface area contributed by atoms with Gasteiger partial charge in [-0.25, -0.2) is 5.43 Å². The summed E-state index contributed by atoms with van der Waals surface area (Å²) in [6, 6.07) is 18.9. The molecule has 0 radical (unpaired) electrons. The first-order chi connectivity index (χ1) is 15.1. The predicted octanol–water partition coefficient (Wildman–Crippen LogP) is 4.64. The molecule has 0 spiro atoms. The van der Waals surface area contributed by atoms with Gasteiger partial charge in [0, 0.05) is 41.0 Å². The maximum atomic E-state index is 12.6. The zero-order chi connectivity index (χ0) is 21.8. The lowest BCUT2D eigenvalue weighted by atomic mass is 10.1. The van der Waals surface area contributed by atoms with Crippen LogP contribution in [0.5, 0.6) is 11.5 Å². The van der Waals surface area contributed by atoms with Crippen LogP contribution in [0.1, 0.15) is 27.0 Å². The molecule has 1 aliphatic rings. The Kier molecular flexibility index (Phi) is 6.09. The molecule has 1 N–H and O–H groups in total. The van der Waals surface area contributed by atoms with E-state index in [2.05, 4.69) is 15.4 Å². The fraction of sp³-hybridized carbons (Fsp3) is 0.167. The number of carbonyl (C=O) groups excluding carboxylic acids is 1. The van der Waals surface area contributed by atoms with Crippen molar-refractivity contribution in [1.29, 1.82) is 0 Å². The first-order valence-electron chi connectivity index (χ1n) is 9.75. The lowest BCUT2D eigenvalue weighted by molar-refractivity contribution is 0.0955. The number of anilines is 1. The molecule has 7 heteroatoms. The largest absolute Gasteiger partial charge is 0.497 e. The summed E-state index contributed by atoms with van der Waals surface area (Å²) in [4.78, 5) is 14.8. The van der Waals surface area contributed by atoms with Crippen molar-refractivity contribution in [2.75, 3.05) is 19.1 Å². The van der Waals surface area contributed by atoms with Crippen LogP contribution in [0.4, 0.5) is 5.69 Å². The number of hydrogen-bond donors (Lipinski definition) is 1. The highest BCUT2D eigenvalue weighted by Crippen LogP contribution is 2.29. The summed E-state index contributed by atoms with van der Waals surface area (Å²) in [6.45, 7) is 1.54. The number of hydrogen-bond acceptors (Lipinski definition) is 5. The van der Waals surface area contributed by atoms with Crippen LogP contribution in [-0.2, 0) is 13.1 Å². The Morgan fingerprint density at radius 2 is 1.77 bits per heavy atom. The normalized spacial score (nSPS) is 12.7. The van der Waals surface area contributed by atoms with E-state index in [4.69, 9.17) is 21.1 Å². The van der Waals surface area contributed by atoms with Crippen molar-refractivity contribution < 1.29 is 14.3 Å². The molecule has 0 aliphatic carbocycles. The van der Waals surface area contributed by atoms with Gasteiger partial charge in [0.1, 0.15) is 11.5 Å². The molecule has 0 bridgehead atoms. The van der Waals surface area contributed by atoms with Crippen LogP contribution in [0.3, 0.4) is 0 Å². The Morgan fingerprint density at radius 3 is 2.52 bits per heavy atom. The van der Waals surface area contributed by atoms with Crippen LogP contribution >= 0.6 is 11.6 Å². The number of ether oxygens (including phenoxy) is 2. The third-order valence-electron chi connectivity index (χ3n) is 5.19. The number of benzene rings is 3. The van der Waals surface area contributed by atoms with Crippen LogP contribution in [0, 0.1) is 0 Å². The van der Waals surface area contributed by atoms with Crippen LogP contribution in [-0.4, -0.2) is 26.3 Å². The van der Waals surface area contributed by atoms with Gasteiger partial charge in [0.2, 0.25) is 0 Å². The fourth-order valence-corrected chi connectivity index (χ4v) is 3.65. The summed E-state index contributed by atoms with van der Waals surface area (Å²) in [5.41, 5.74) is 7.32. The van der Waals surface area contributed by atoms with Crippen molar-refractivity contribution >= 4 is 29.4 Å². The second-order valence-corrected chi connectivity index (χ2v) is 7.56.